The van der Waals surface area contributed by atoms with Gasteiger partial charge in [-0.15, -0.1) is 11.8 Å². The first-order valence-electron chi connectivity index (χ1n) is 8.23. The summed E-state index contributed by atoms with van der Waals surface area (Å²) < 4.78 is 4.94. The summed E-state index contributed by atoms with van der Waals surface area (Å²) in [6.45, 7) is 1.99. The maximum atomic E-state index is 12.0. The second kappa shape index (κ2) is 9.72. The van der Waals surface area contributed by atoms with E-state index in [-0.39, 0.29) is 11.3 Å². The minimum absolute atomic E-state index is 0.0345. The quantitative estimate of drug-likeness (QED) is 0.323. The van der Waals surface area contributed by atoms with Gasteiger partial charge in [0.1, 0.15) is 0 Å². The second-order valence-corrected chi connectivity index (χ2v) is 6.59. The van der Waals surface area contributed by atoms with Gasteiger partial charge < -0.3 is 10.1 Å². The molecule has 0 unspecified atom stereocenters. The number of amides is 1. The number of rotatable bonds is 8. The average molecular weight is 388 g/mol. The molecular weight excluding hydrogens is 368 g/mol. The van der Waals surface area contributed by atoms with Gasteiger partial charge in [0.25, 0.3) is 11.6 Å². The number of hydrogen-bond donors (Lipinski definition) is 1. The molecule has 1 N–H and O–H groups in total. The lowest BCUT2D eigenvalue weighted by Gasteiger charge is -2.08. The number of nitro groups is 1. The first-order valence-corrected chi connectivity index (χ1v) is 9.45. The lowest BCUT2D eigenvalue weighted by Crippen LogP contribution is -2.30. The Balaban J connectivity index is 1.84. The number of carbonyl (C=O) groups is 2. The van der Waals surface area contributed by atoms with Crippen LogP contribution in [0.3, 0.4) is 0 Å². The zero-order chi connectivity index (χ0) is 19.8. The average Bonchev–Trinajstić information content (AvgIpc) is 2.67. The van der Waals surface area contributed by atoms with Crippen LogP contribution in [0.2, 0.25) is 0 Å². The molecule has 0 heterocycles. The van der Waals surface area contributed by atoms with Crippen LogP contribution in [-0.4, -0.2) is 36.2 Å². The van der Waals surface area contributed by atoms with Crippen molar-refractivity contribution in [3.8, 4) is 0 Å². The van der Waals surface area contributed by atoms with Crippen LogP contribution < -0.4 is 5.32 Å². The van der Waals surface area contributed by atoms with Gasteiger partial charge in [0.2, 0.25) is 0 Å². The van der Waals surface area contributed by atoms with Gasteiger partial charge in [0.05, 0.1) is 15.4 Å². The molecule has 7 nitrogen and oxygen atoms in total. The first kappa shape index (κ1) is 20.4. The summed E-state index contributed by atoms with van der Waals surface area (Å²) in [6.07, 6.45) is 2.39. The fraction of sp³-hybridized carbons (Fsp3) is 0.263. The summed E-state index contributed by atoms with van der Waals surface area (Å²) in [5, 5.41) is 13.7. The van der Waals surface area contributed by atoms with E-state index in [1.807, 2.05) is 31.2 Å². The highest BCUT2D eigenvalue weighted by molar-refractivity contribution is 7.98. The van der Waals surface area contributed by atoms with E-state index in [4.69, 9.17) is 4.74 Å². The molecule has 0 aliphatic rings. The van der Waals surface area contributed by atoms with Crippen molar-refractivity contribution in [2.45, 2.75) is 18.2 Å². The number of hydrogen-bond acceptors (Lipinski definition) is 6. The van der Waals surface area contributed by atoms with E-state index in [0.29, 0.717) is 17.9 Å². The van der Waals surface area contributed by atoms with Crippen molar-refractivity contribution in [2.75, 3.05) is 19.4 Å². The van der Waals surface area contributed by atoms with Crippen LogP contribution in [-0.2, 0) is 16.0 Å². The molecule has 142 valence electrons. The van der Waals surface area contributed by atoms with Gasteiger partial charge in [-0.05, 0) is 42.9 Å². The monoisotopic (exact) mass is 388 g/mol. The van der Waals surface area contributed by atoms with Crippen molar-refractivity contribution in [2.24, 2.45) is 0 Å². The van der Waals surface area contributed by atoms with Crippen LogP contribution in [0.25, 0.3) is 0 Å². The summed E-state index contributed by atoms with van der Waals surface area (Å²) in [6, 6.07) is 12.0. The van der Waals surface area contributed by atoms with Gasteiger partial charge in [-0.25, -0.2) is 4.79 Å². The Kier molecular flexibility index (Phi) is 7.36. The summed E-state index contributed by atoms with van der Waals surface area (Å²) >= 11 is 1.21. The van der Waals surface area contributed by atoms with E-state index >= 15 is 0 Å². The molecule has 0 saturated heterocycles. The van der Waals surface area contributed by atoms with Crippen LogP contribution in [0.5, 0.6) is 0 Å². The zero-order valence-corrected chi connectivity index (χ0v) is 15.9. The molecule has 0 aliphatic heterocycles. The Morgan fingerprint density at radius 1 is 1.22 bits per heavy atom. The number of aryl methyl sites for hydroxylation is 1. The van der Waals surface area contributed by atoms with Gasteiger partial charge in [0.15, 0.2) is 6.61 Å². The Bertz CT molecular complexity index is 854. The number of carbonyl (C=O) groups excluding carboxylic acids is 2. The highest BCUT2D eigenvalue weighted by Crippen LogP contribution is 2.28. The zero-order valence-electron chi connectivity index (χ0n) is 15.1. The molecule has 0 radical (unpaired) electrons. The first-order chi connectivity index (χ1) is 12.9. The fourth-order valence-electron chi connectivity index (χ4n) is 2.45. The molecule has 8 heteroatoms. The molecule has 0 spiro atoms. The highest BCUT2D eigenvalue weighted by atomic mass is 32.2. The lowest BCUT2D eigenvalue weighted by atomic mass is 10.1. The third kappa shape index (κ3) is 5.82. The van der Waals surface area contributed by atoms with Crippen LogP contribution in [0.1, 0.15) is 21.5 Å². The number of nitrogens with one attached hydrogen (secondary N) is 1. The van der Waals surface area contributed by atoms with Crippen LogP contribution in [0.15, 0.2) is 47.4 Å². The molecule has 0 saturated carbocycles. The van der Waals surface area contributed by atoms with Crippen molar-refractivity contribution in [3.05, 3.63) is 69.3 Å². The summed E-state index contributed by atoms with van der Waals surface area (Å²) in [4.78, 5) is 34.8. The standard InChI is InChI=1S/C19H20N2O5S/c1-13-5-3-4-6-14(13)9-10-20-18(22)12-26-19(23)15-7-8-17(27-2)16(11-15)21(24)25/h3-8,11H,9-10,12H2,1-2H3,(H,20,22). The fourth-order valence-corrected chi connectivity index (χ4v) is 3.00. The Labute approximate surface area is 161 Å². The van der Waals surface area contributed by atoms with Crippen LogP contribution in [0.4, 0.5) is 5.69 Å². The van der Waals surface area contributed by atoms with Gasteiger partial charge >= 0.3 is 5.97 Å². The summed E-state index contributed by atoms with van der Waals surface area (Å²) in [5.41, 5.74) is 2.15. The van der Waals surface area contributed by atoms with E-state index in [0.717, 1.165) is 17.2 Å². The molecule has 27 heavy (non-hydrogen) atoms. The third-order valence-corrected chi connectivity index (χ3v) is 4.71. The molecular formula is C19H20N2O5S. The maximum absolute atomic E-state index is 12.0. The van der Waals surface area contributed by atoms with Crippen molar-refractivity contribution in [3.63, 3.8) is 0 Å². The second-order valence-electron chi connectivity index (χ2n) is 5.75. The number of ether oxygens (including phenoxy) is 1. The van der Waals surface area contributed by atoms with Crippen molar-refractivity contribution in [1.82, 2.24) is 5.32 Å². The molecule has 2 rings (SSSR count). The molecule has 1 amide bonds. The van der Waals surface area contributed by atoms with E-state index in [1.165, 1.54) is 23.9 Å². The number of thioether (sulfide) groups is 1. The number of nitrogens with zero attached hydrogens (tertiary/aromatic N) is 1. The SMILES string of the molecule is CSc1ccc(C(=O)OCC(=O)NCCc2ccccc2C)cc1[N+](=O)[O-]. The normalized spacial score (nSPS) is 10.3. The largest absolute Gasteiger partial charge is 0.452 e. The predicted molar refractivity (Wildman–Crippen MR) is 103 cm³/mol. The van der Waals surface area contributed by atoms with Crippen molar-refractivity contribution < 1.29 is 19.2 Å². The minimum atomic E-state index is -0.778. The lowest BCUT2D eigenvalue weighted by molar-refractivity contribution is -0.387. The van der Waals surface area contributed by atoms with E-state index in [1.54, 1.807) is 6.26 Å². The molecule has 0 aromatic heterocycles. The highest BCUT2D eigenvalue weighted by Gasteiger charge is 2.18. The van der Waals surface area contributed by atoms with Crippen molar-refractivity contribution in [1.29, 1.82) is 0 Å². The number of nitro benzene ring substituents is 1. The van der Waals surface area contributed by atoms with Crippen LogP contribution in [0, 0.1) is 17.0 Å². The summed E-state index contributed by atoms with van der Waals surface area (Å²) in [7, 11) is 0. The Hall–Kier alpha value is -2.87. The van der Waals surface area contributed by atoms with E-state index < -0.39 is 23.4 Å². The van der Waals surface area contributed by atoms with Gasteiger partial charge in [-0.3, -0.25) is 14.9 Å². The molecule has 0 bridgehead atoms. The van der Waals surface area contributed by atoms with Crippen molar-refractivity contribution >= 4 is 29.3 Å². The molecule has 2 aromatic carbocycles. The summed E-state index contributed by atoms with van der Waals surface area (Å²) in [5.74, 6) is -1.20. The smallest absolute Gasteiger partial charge is 0.338 e. The van der Waals surface area contributed by atoms with E-state index in [9.17, 15) is 19.7 Å². The molecule has 0 fully saturated rings. The van der Waals surface area contributed by atoms with Crippen LogP contribution >= 0.6 is 11.8 Å². The Morgan fingerprint density at radius 2 is 1.96 bits per heavy atom. The molecule has 0 aliphatic carbocycles. The van der Waals surface area contributed by atoms with E-state index in [2.05, 4.69) is 5.32 Å². The van der Waals surface area contributed by atoms with Gasteiger partial charge in [-0.2, -0.15) is 0 Å². The topological polar surface area (TPSA) is 98.5 Å². The minimum Gasteiger partial charge on any atom is -0.452 e. The third-order valence-electron chi connectivity index (χ3n) is 3.92. The predicted octanol–water partition coefficient (Wildman–Crippen LogP) is 3.14. The number of benzene rings is 2. The van der Waals surface area contributed by atoms with Gasteiger partial charge in [-0.1, -0.05) is 24.3 Å². The Morgan fingerprint density at radius 3 is 2.63 bits per heavy atom. The number of esters is 1. The van der Waals surface area contributed by atoms with Gasteiger partial charge in [0, 0.05) is 12.6 Å². The molecule has 2 aromatic rings. The molecule has 0 atom stereocenters. The maximum Gasteiger partial charge on any atom is 0.338 e.